The fourth-order valence-corrected chi connectivity index (χ4v) is 5.09. The van der Waals surface area contributed by atoms with Crippen molar-refractivity contribution in [3.8, 4) is 5.75 Å². The molecule has 0 amide bonds. The number of aromatic nitrogens is 1. The second kappa shape index (κ2) is 12.6. The monoisotopic (exact) mass is 480 g/mol. The molecule has 1 unspecified atom stereocenters. The molecule has 7 heteroatoms. The van der Waals surface area contributed by atoms with E-state index in [4.69, 9.17) is 9.84 Å². The van der Waals surface area contributed by atoms with Crippen molar-refractivity contribution in [2.75, 3.05) is 45.7 Å². The molecular formula is C28H40N4O3. The van der Waals surface area contributed by atoms with Crippen LogP contribution in [0.15, 0.2) is 42.6 Å². The summed E-state index contributed by atoms with van der Waals surface area (Å²) in [7, 11) is 3.48. The molecule has 1 aromatic heterocycles. The standard InChI is InChI=1S/C18H25N3O.C8H9NO2.C2H6/c1-13-10-17(22-2)16(15-5-6-19-18(13)15)12-20-8-9-21-7-3-4-14(21)11-20;1-9-7-5-3-2-4-6(7)8(10)11;1-2/h5-6,10,14,19H,3-4,7-9,11-12H2,1-2H3;2-5,9H,1H3,(H,10,11);1-2H3. The molecule has 3 aromatic rings. The fourth-order valence-electron chi connectivity index (χ4n) is 5.09. The minimum atomic E-state index is -0.907. The Hall–Kier alpha value is -3.03. The Kier molecular flexibility index (Phi) is 9.57. The van der Waals surface area contributed by atoms with Crippen molar-refractivity contribution < 1.29 is 14.6 Å². The van der Waals surface area contributed by atoms with Crippen molar-refractivity contribution in [2.24, 2.45) is 0 Å². The quantitative estimate of drug-likeness (QED) is 0.465. The van der Waals surface area contributed by atoms with Gasteiger partial charge < -0.3 is 20.1 Å². The molecule has 2 aromatic carbocycles. The second-order valence-corrected chi connectivity index (χ2v) is 8.81. The molecule has 2 saturated heterocycles. The number of methoxy groups -OCH3 is 1. The lowest BCUT2D eigenvalue weighted by atomic mass is 10.0. The molecule has 2 aliphatic rings. The number of nitrogens with zero attached hydrogens (tertiary/aromatic N) is 2. The van der Waals surface area contributed by atoms with E-state index in [1.807, 2.05) is 20.0 Å². The highest BCUT2D eigenvalue weighted by molar-refractivity contribution is 5.94. The van der Waals surface area contributed by atoms with Crippen LogP contribution in [0.1, 0.15) is 48.2 Å². The molecule has 2 aliphatic heterocycles. The van der Waals surface area contributed by atoms with Crippen LogP contribution in [0.25, 0.3) is 10.9 Å². The van der Waals surface area contributed by atoms with E-state index >= 15 is 0 Å². The van der Waals surface area contributed by atoms with E-state index in [2.05, 4.69) is 39.2 Å². The Labute approximate surface area is 209 Å². The normalized spacial score (nSPS) is 17.6. The minimum Gasteiger partial charge on any atom is -0.496 e. The number of benzene rings is 2. The van der Waals surface area contributed by atoms with Crippen LogP contribution in [-0.4, -0.2) is 72.2 Å². The largest absolute Gasteiger partial charge is 0.496 e. The maximum atomic E-state index is 10.5. The van der Waals surface area contributed by atoms with Crippen LogP contribution in [0.2, 0.25) is 0 Å². The van der Waals surface area contributed by atoms with Crippen molar-refractivity contribution in [3.63, 3.8) is 0 Å². The molecule has 7 nitrogen and oxygen atoms in total. The number of hydrogen-bond acceptors (Lipinski definition) is 5. The number of nitrogens with one attached hydrogen (secondary N) is 2. The predicted molar refractivity (Wildman–Crippen MR) is 144 cm³/mol. The zero-order valence-electron chi connectivity index (χ0n) is 21.7. The van der Waals surface area contributed by atoms with Gasteiger partial charge in [-0.2, -0.15) is 0 Å². The van der Waals surface area contributed by atoms with E-state index in [-0.39, 0.29) is 0 Å². The molecule has 2 fully saturated rings. The summed E-state index contributed by atoms with van der Waals surface area (Å²) in [5, 5.41) is 12.8. The number of aryl methyl sites for hydroxylation is 1. The first kappa shape index (κ1) is 26.6. The Morgan fingerprint density at radius 3 is 2.66 bits per heavy atom. The summed E-state index contributed by atoms with van der Waals surface area (Å²) in [5.74, 6) is 0.119. The van der Waals surface area contributed by atoms with Crippen molar-refractivity contribution in [1.29, 1.82) is 0 Å². The van der Waals surface area contributed by atoms with Crippen molar-refractivity contribution >= 4 is 22.6 Å². The van der Waals surface area contributed by atoms with E-state index in [0.717, 1.165) is 18.3 Å². The number of aromatic carboxylic acids is 1. The van der Waals surface area contributed by atoms with Gasteiger partial charge in [-0.3, -0.25) is 9.80 Å². The maximum Gasteiger partial charge on any atom is 0.337 e. The number of carboxylic acid groups (broad SMARTS) is 1. The molecule has 0 spiro atoms. The average molecular weight is 481 g/mol. The van der Waals surface area contributed by atoms with Crippen LogP contribution in [-0.2, 0) is 6.54 Å². The Bertz CT molecular complexity index is 1110. The van der Waals surface area contributed by atoms with Crippen LogP contribution in [0.4, 0.5) is 5.69 Å². The first-order chi connectivity index (χ1) is 17.0. The van der Waals surface area contributed by atoms with Gasteiger partial charge in [-0.25, -0.2) is 4.79 Å². The van der Waals surface area contributed by atoms with E-state index in [1.54, 1.807) is 38.4 Å². The van der Waals surface area contributed by atoms with Crippen LogP contribution < -0.4 is 10.1 Å². The zero-order valence-corrected chi connectivity index (χ0v) is 21.7. The Balaban J connectivity index is 0.000000223. The summed E-state index contributed by atoms with van der Waals surface area (Å²) in [4.78, 5) is 19.2. The summed E-state index contributed by atoms with van der Waals surface area (Å²) in [6, 6.07) is 11.9. The lowest BCUT2D eigenvalue weighted by Crippen LogP contribution is -2.49. The highest BCUT2D eigenvalue weighted by Gasteiger charge is 2.31. The third-order valence-electron chi connectivity index (χ3n) is 6.81. The molecule has 3 N–H and O–H groups in total. The average Bonchev–Trinajstić information content (AvgIpc) is 3.57. The minimum absolute atomic E-state index is 0.301. The molecule has 35 heavy (non-hydrogen) atoms. The molecular weight excluding hydrogens is 440 g/mol. The number of carboxylic acids is 1. The molecule has 1 atom stereocenters. The van der Waals surface area contributed by atoms with Gasteiger partial charge in [-0.05, 0) is 56.1 Å². The number of ether oxygens (including phenoxy) is 1. The van der Waals surface area contributed by atoms with Crippen LogP contribution >= 0.6 is 0 Å². The number of hydrogen-bond donors (Lipinski definition) is 3. The summed E-state index contributed by atoms with van der Waals surface area (Å²) in [5.41, 5.74) is 4.77. The fraction of sp³-hybridized carbons (Fsp3) is 0.464. The second-order valence-electron chi connectivity index (χ2n) is 8.81. The van der Waals surface area contributed by atoms with Crippen molar-refractivity contribution in [3.05, 3.63) is 59.3 Å². The van der Waals surface area contributed by atoms with Gasteiger partial charge in [0.15, 0.2) is 0 Å². The van der Waals surface area contributed by atoms with E-state index < -0.39 is 5.97 Å². The number of H-pyrrole nitrogens is 1. The Morgan fingerprint density at radius 1 is 1.20 bits per heavy atom. The first-order valence-electron chi connectivity index (χ1n) is 12.6. The van der Waals surface area contributed by atoms with E-state index in [0.29, 0.717) is 11.3 Å². The summed E-state index contributed by atoms with van der Waals surface area (Å²) in [6.07, 6.45) is 4.77. The lowest BCUT2D eigenvalue weighted by Gasteiger charge is -2.37. The molecule has 0 radical (unpaired) electrons. The third-order valence-corrected chi connectivity index (χ3v) is 6.81. The molecule has 3 heterocycles. The summed E-state index contributed by atoms with van der Waals surface area (Å²) >= 11 is 0. The molecule has 0 saturated carbocycles. The van der Waals surface area contributed by atoms with Gasteiger partial charge in [0.25, 0.3) is 0 Å². The first-order valence-corrected chi connectivity index (χ1v) is 12.6. The number of para-hydroxylation sites is 1. The number of anilines is 1. The van der Waals surface area contributed by atoms with Gasteiger partial charge in [-0.15, -0.1) is 0 Å². The molecule has 0 aliphatic carbocycles. The van der Waals surface area contributed by atoms with Crippen molar-refractivity contribution in [1.82, 2.24) is 14.8 Å². The maximum absolute atomic E-state index is 10.5. The molecule has 0 bridgehead atoms. The number of piperazine rings is 1. The van der Waals surface area contributed by atoms with Gasteiger partial charge in [0.1, 0.15) is 5.75 Å². The summed E-state index contributed by atoms with van der Waals surface area (Å²) in [6.45, 7) is 12.0. The van der Waals surface area contributed by atoms with Gasteiger partial charge in [0.05, 0.1) is 12.7 Å². The molecule has 190 valence electrons. The molecule has 5 rings (SSSR count). The zero-order chi connectivity index (χ0) is 25.4. The van der Waals surface area contributed by atoms with Gasteiger partial charge in [0, 0.05) is 67.6 Å². The Morgan fingerprint density at radius 2 is 1.97 bits per heavy atom. The predicted octanol–water partition coefficient (Wildman–Crippen LogP) is 5.22. The smallest absolute Gasteiger partial charge is 0.337 e. The number of rotatable bonds is 5. The van der Waals surface area contributed by atoms with E-state index in [1.165, 1.54) is 61.1 Å². The lowest BCUT2D eigenvalue weighted by molar-refractivity contribution is 0.0698. The highest BCUT2D eigenvalue weighted by Crippen LogP contribution is 2.32. The van der Waals surface area contributed by atoms with E-state index in [9.17, 15) is 4.79 Å². The van der Waals surface area contributed by atoms with Crippen LogP contribution in [0.5, 0.6) is 5.75 Å². The third kappa shape index (κ3) is 6.16. The topological polar surface area (TPSA) is 80.8 Å². The van der Waals surface area contributed by atoms with Crippen LogP contribution in [0, 0.1) is 6.92 Å². The van der Waals surface area contributed by atoms with Gasteiger partial charge in [0.2, 0.25) is 0 Å². The van der Waals surface area contributed by atoms with Crippen LogP contribution in [0.3, 0.4) is 0 Å². The van der Waals surface area contributed by atoms with Gasteiger partial charge >= 0.3 is 5.97 Å². The number of carbonyl (C=O) groups is 1. The highest BCUT2D eigenvalue weighted by atomic mass is 16.5. The summed E-state index contributed by atoms with van der Waals surface area (Å²) < 4.78 is 5.68. The van der Waals surface area contributed by atoms with Crippen molar-refractivity contribution in [2.45, 2.75) is 46.2 Å². The number of aromatic amines is 1. The van der Waals surface area contributed by atoms with Gasteiger partial charge in [-0.1, -0.05) is 26.0 Å². The SMILES string of the molecule is CC.CNc1ccccc1C(=O)O.COc1cc(C)c2[nH]ccc2c1CN1CCN2CCCC2C1. The number of fused-ring (bicyclic) bond motifs is 2.